The van der Waals surface area contributed by atoms with E-state index in [0.29, 0.717) is 12.0 Å². The standard InChI is InChI=1S/C17H24O4/c1-2-3-4-5-6-7-8-10-13-14(16(18)19)11-9-12-15(13)17(20)21/h9,11-12H,2-8,10H2,1H3,(H,18,19)(H,20,21). The summed E-state index contributed by atoms with van der Waals surface area (Å²) in [5.41, 5.74) is 0.674. The number of benzene rings is 1. The molecule has 4 nitrogen and oxygen atoms in total. The molecule has 0 aromatic heterocycles. The van der Waals surface area contributed by atoms with E-state index >= 15 is 0 Å². The molecule has 0 aliphatic heterocycles. The maximum absolute atomic E-state index is 11.2. The van der Waals surface area contributed by atoms with Crippen molar-refractivity contribution in [3.8, 4) is 0 Å². The van der Waals surface area contributed by atoms with E-state index in [0.717, 1.165) is 19.3 Å². The van der Waals surface area contributed by atoms with Crippen LogP contribution in [0.5, 0.6) is 0 Å². The molecule has 116 valence electrons. The first-order valence-electron chi connectivity index (χ1n) is 7.66. The van der Waals surface area contributed by atoms with Gasteiger partial charge < -0.3 is 10.2 Å². The topological polar surface area (TPSA) is 74.6 Å². The van der Waals surface area contributed by atoms with Crippen LogP contribution in [0.2, 0.25) is 0 Å². The predicted octanol–water partition coefficient (Wildman–Crippen LogP) is 4.38. The van der Waals surface area contributed by atoms with Crippen LogP contribution in [-0.2, 0) is 6.42 Å². The van der Waals surface area contributed by atoms with Crippen molar-refractivity contribution in [2.24, 2.45) is 0 Å². The van der Waals surface area contributed by atoms with Gasteiger partial charge in [-0.1, -0.05) is 51.5 Å². The fourth-order valence-electron chi connectivity index (χ4n) is 2.52. The first-order valence-corrected chi connectivity index (χ1v) is 7.66. The average Bonchev–Trinajstić information content (AvgIpc) is 2.45. The van der Waals surface area contributed by atoms with Crippen LogP contribution >= 0.6 is 0 Å². The molecule has 0 aliphatic rings. The molecule has 2 N–H and O–H groups in total. The third kappa shape index (κ3) is 5.58. The number of rotatable bonds is 10. The van der Waals surface area contributed by atoms with Crippen molar-refractivity contribution in [2.75, 3.05) is 0 Å². The van der Waals surface area contributed by atoms with Crippen LogP contribution in [0.15, 0.2) is 18.2 Å². The Morgan fingerprint density at radius 2 is 1.33 bits per heavy atom. The summed E-state index contributed by atoms with van der Waals surface area (Å²) in [5, 5.41) is 18.4. The largest absolute Gasteiger partial charge is 0.478 e. The third-order valence-electron chi connectivity index (χ3n) is 3.67. The molecule has 0 spiro atoms. The second-order valence-corrected chi connectivity index (χ2v) is 5.31. The molecule has 0 aliphatic carbocycles. The Labute approximate surface area is 125 Å². The van der Waals surface area contributed by atoms with Crippen LogP contribution in [0.25, 0.3) is 0 Å². The zero-order valence-electron chi connectivity index (χ0n) is 12.6. The van der Waals surface area contributed by atoms with Crippen molar-refractivity contribution >= 4 is 11.9 Å². The molecule has 0 fully saturated rings. The lowest BCUT2D eigenvalue weighted by Crippen LogP contribution is -2.10. The Morgan fingerprint density at radius 3 is 1.81 bits per heavy atom. The number of carboxylic acids is 2. The summed E-state index contributed by atoms with van der Waals surface area (Å²) in [6.45, 7) is 2.18. The third-order valence-corrected chi connectivity index (χ3v) is 3.67. The van der Waals surface area contributed by atoms with E-state index in [1.807, 2.05) is 0 Å². The Balaban J connectivity index is 2.60. The molecule has 0 unspecified atom stereocenters. The van der Waals surface area contributed by atoms with Crippen molar-refractivity contribution in [3.63, 3.8) is 0 Å². The van der Waals surface area contributed by atoms with Gasteiger partial charge in [-0.05, 0) is 30.5 Å². The molecule has 0 amide bonds. The molecule has 0 bridgehead atoms. The lowest BCUT2D eigenvalue weighted by atomic mass is 9.95. The number of hydrogen-bond acceptors (Lipinski definition) is 2. The van der Waals surface area contributed by atoms with E-state index in [4.69, 9.17) is 0 Å². The van der Waals surface area contributed by atoms with Crippen molar-refractivity contribution in [1.29, 1.82) is 0 Å². The zero-order valence-corrected chi connectivity index (χ0v) is 12.6. The lowest BCUT2D eigenvalue weighted by molar-refractivity contribution is 0.0695. The summed E-state index contributed by atoms with van der Waals surface area (Å²) in [6, 6.07) is 4.44. The first-order chi connectivity index (χ1) is 10.1. The molecule has 0 saturated heterocycles. The second kappa shape index (κ2) is 9.16. The normalized spacial score (nSPS) is 10.5. The number of hydrogen-bond donors (Lipinski definition) is 2. The van der Waals surface area contributed by atoms with Gasteiger partial charge in [0.25, 0.3) is 0 Å². The molecule has 1 aromatic carbocycles. The van der Waals surface area contributed by atoms with Gasteiger partial charge >= 0.3 is 11.9 Å². The van der Waals surface area contributed by atoms with E-state index < -0.39 is 11.9 Å². The minimum Gasteiger partial charge on any atom is -0.478 e. The molecule has 0 heterocycles. The maximum atomic E-state index is 11.2. The highest BCUT2D eigenvalue weighted by molar-refractivity contribution is 5.96. The van der Waals surface area contributed by atoms with Crippen molar-refractivity contribution in [3.05, 3.63) is 34.9 Å². The highest BCUT2D eigenvalue weighted by atomic mass is 16.4. The predicted molar refractivity (Wildman–Crippen MR) is 82.1 cm³/mol. The number of carboxylic acid groups (broad SMARTS) is 2. The molecule has 1 rings (SSSR count). The van der Waals surface area contributed by atoms with E-state index in [1.165, 1.54) is 43.9 Å². The van der Waals surface area contributed by atoms with E-state index in [9.17, 15) is 19.8 Å². The maximum Gasteiger partial charge on any atom is 0.335 e. The monoisotopic (exact) mass is 292 g/mol. The molecule has 0 atom stereocenters. The summed E-state index contributed by atoms with van der Waals surface area (Å²) in [7, 11) is 0. The summed E-state index contributed by atoms with van der Waals surface area (Å²) < 4.78 is 0. The molecule has 0 saturated carbocycles. The van der Waals surface area contributed by atoms with Crippen LogP contribution < -0.4 is 0 Å². The van der Waals surface area contributed by atoms with Gasteiger partial charge in [0, 0.05) is 0 Å². The van der Waals surface area contributed by atoms with E-state index in [1.54, 1.807) is 0 Å². The van der Waals surface area contributed by atoms with Gasteiger partial charge in [-0.3, -0.25) is 0 Å². The molecule has 0 radical (unpaired) electrons. The Morgan fingerprint density at radius 1 is 0.857 bits per heavy atom. The molecule has 1 aromatic rings. The second-order valence-electron chi connectivity index (χ2n) is 5.31. The quantitative estimate of drug-likeness (QED) is 0.628. The number of carbonyl (C=O) groups is 2. The first kappa shape index (κ1) is 17.2. The van der Waals surface area contributed by atoms with Crippen molar-refractivity contribution in [2.45, 2.75) is 58.3 Å². The minimum absolute atomic E-state index is 0.112. The van der Waals surface area contributed by atoms with Gasteiger partial charge in [-0.15, -0.1) is 0 Å². The summed E-state index contributed by atoms with van der Waals surface area (Å²) in [4.78, 5) is 22.4. The van der Waals surface area contributed by atoms with Crippen LogP contribution in [0.1, 0.15) is 78.1 Å². The highest BCUT2D eigenvalue weighted by Crippen LogP contribution is 2.19. The van der Waals surface area contributed by atoms with Gasteiger partial charge in [0.1, 0.15) is 0 Å². The van der Waals surface area contributed by atoms with E-state index in [-0.39, 0.29) is 11.1 Å². The number of aromatic carboxylic acids is 2. The lowest BCUT2D eigenvalue weighted by Gasteiger charge is -2.09. The molecular formula is C17H24O4. The Bertz CT molecular complexity index is 447. The number of unbranched alkanes of at least 4 members (excludes halogenated alkanes) is 6. The van der Waals surface area contributed by atoms with Crippen LogP contribution in [0.3, 0.4) is 0 Å². The van der Waals surface area contributed by atoms with Gasteiger partial charge in [0.2, 0.25) is 0 Å². The zero-order chi connectivity index (χ0) is 15.7. The van der Waals surface area contributed by atoms with Crippen molar-refractivity contribution in [1.82, 2.24) is 0 Å². The summed E-state index contributed by atoms with van der Waals surface area (Å²) in [5.74, 6) is -2.12. The Hall–Kier alpha value is -1.84. The molecule has 4 heteroatoms. The minimum atomic E-state index is -1.06. The van der Waals surface area contributed by atoms with Gasteiger partial charge in [0.05, 0.1) is 11.1 Å². The summed E-state index contributed by atoms with van der Waals surface area (Å²) >= 11 is 0. The smallest absolute Gasteiger partial charge is 0.335 e. The molecular weight excluding hydrogens is 268 g/mol. The fourth-order valence-corrected chi connectivity index (χ4v) is 2.52. The SMILES string of the molecule is CCCCCCCCCc1c(C(=O)O)cccc1C(=O)O. The van der Waals surface area contributed by atoms with Gasteiger partial charge in [-0.2, -0.15) is 0 Å². The van der Waals surface area contributed by atoms with Gasteiger partial charge in [0.15, 0.2) is 0 Å². The summed E-state index contributed by atoms with van der Waals surface area (Å²) in [6.07, 6.45) is 8.38. The van der Waals surface area contributed by atoms with Crippen molar-refractivity contribution < 1.29 is 19.8 Å². The van der Waals surface area contributed by atoms with Gasteiger partial charge in [-0.25, -0.2) is 9.59 Å². The van der Waals surface area contributed by atoms with Crippen LogP contribution in [0.4, 0.5) is 0 Å². The molecule has 21 heavy (non-hydrogen) atoms. The fraction of sp³-hybridized carbons (Fsp3) is 0.529. The highest BCUT2D eigenvalue weighted by Gasteiger charge is 2.17. The van der Waals surface area contributed by atoms with Crippen LogP contribution in [-0.4, -0.2) is 22.2 Å². The van der Waals surface area contributed by atoms with E-state index in [2.05, 4.69) is 6.92 Å². The Kier molecular flexibility index (Phi) is 7.51. The average molecular weight is 292 g/mol. The van der Waals surface area contributed by atoms with Crippen LogP contribution in [0, 0.1) is 0 Å².